The van der Waals surface area contributed by atoms with Crippen molar-refractivity contribution in [2.24, 2.45) is 5.92 Å². The first-order chi connectivity index (χ1) is 12.5. The molecule has 0 radical (unpaired) electrons. The predicted octanol–water partition coefficient (Wildman–Crippen LogP) is 1.91. The summed E-state index contributed by atoms with van der Waals surface area (Å²) < 4.78 is 10.3. The first kappa shape index (κ1) is 18.7. The first-order valence-electron chi connectivity index (χ1n) is 8.84. The van der Waals surface area contributed by atoms with E-state index in [4.69, 9.17) is 9.15 Å². The average molecular weight is 377 g/mol. The summed E-state index contributed by atoms with van der Waals surface area (Å²) in [4.78, 5) is 27.0. The van der Waals surface area contributed by atoms with E-state index in [1.54, 1.807) is 6.26 Å². The maximum Gasteiger partial charge on any atom is 0.341 e. The van der Waals surface area contributed by atoms with Gasteiger partial charge in [-0.3, -0.25) is 4.79 Å². The molecular formula is C19H25N2O4S+. The normalized spacial score (nSPS) is 17.4. The summed E-state index contributed by atoms with van der Waals surface area (Å²) >= 11 is 1.51. The second-order valence-electron chi connectivity index (χ2n) is 6.99. The third-order valence-corrected chi connectivity index (χ3v) is 5.84. The number of thiophene rings is 1. The number of hydrogen-bond donors (Lipinski definition) is 2. The van der Waals surface area contributed by atoms with Crippen LogP contribution >= 0.6 is 11.3 Å². The summed E-state index contributed by atoms with van der Waals surface area (Å²) in [5, 5.41) is 3.55. The van der Waals surface area contributed by atoms with Crippen LogP contribution in [-0.4, -0.2) is 32.6 Å². The van der Waals surface area contributed by atoms with Gasteiger partial charge in [-0.2, -0.15) is 0 Å². The van der Waals surface area contributed by atoms with Gasteiger partial charge in [-0.25, -0.2) is 4.79 Å². The van der Waals surface area contributed by atoms with Gasteiger partial charge in [-0.1, -0.05) is 6.92 Å². The van der Waals surface area contributed by atoms with Gasteiger partial charge < -0.3 is 19.4 Å². The molecule has 2 atom stereocenters. The van der Waals surface area contributed by atoms with Crippen LogP contribution in [-0.2, 0) is 28.9 Å². The molecule has 7 heteroatoms. The molecule has 140 valence electrons. The van der Waals surface area contributed by atoms with E-state index >= 15 is 0 Å². The molecule has 1 aliphatic rings. The largest absolute Gasteiger partial charge is 0.465 e. The molecule has 2 aromatic rings. The zero-order valence-electron chi connectivity index (χ0n) is 15.4. The van der Waals surface area contributed by atoms with Gasteiger partial charge in [0.15, 0.2) is 12.3 Å². The molecular weight excluding hydrogens is 352 g/mol. The lowest BCUT2D eigenvalue weighted by Gasteiger charge is -2.18. The highest BCUT2D eigenvalue weighted by atomic mass is 32.1. The summed E-state index contributed by atoms with van der Waals surface area (Å²) in [6.07, 6.45) is 4.49. The molecule has 2 heterocycles. The summed E-state index contributed by atoms with van der Waals surface area (Å²) in [5.41, 5.74) is 1.59. The smallest absolute Gasteiger partial charge is 0.341 e. The Kier molecular flexibility index (Phi) is 5.78. The number of fused-ring (bicyclic) bond motifs is 1. The monoisotopic (exact) mass is 377 g/mol. The Morgan fingerprint density at radius 2 is 2.27 bits per heavy atom. The Hall–Kier alpha value is -2.12. The Morgan fingerprint density at radius 3 is 2.96 bits per heavy atom. The van der Waals surface area contributed by atoms with E-state index in [0.717, 1.165) is 35.5 Å². The van der Waals surface area contributed by atoms with Crippen LogP contribution in [0.25, 0.3) is 0 Å². The fraction of sp³-hybridized carbons (Fsp3) is 0.474. The molecule has 0 fully saturated rings. The van der Waals surface area contributed by atoms with E-state index in [-0.39, 0.29) is 11.9 Å². The molecule has 6 nitrogen and oxygen atoms in total. The quantitative estimate of drug-likeness (QED) is 0.755. The molecule has 0 bridgehead atoms. The van der Waals surface area contributed by atoms with Crippen molar-refractivity contribution in [3.63, 3.8) is 0 Å². The number of hydrogen-bond acceptors (Lipinski definition) is 5. The van der Waals surface area contributed by atoms with Crippen LogP contribution in [0, 0.1) is 5.92 Å². The molecule has 0 saturated heterocycles. The number of rotatable bonds is 6. The second kappa shape index (κ2) is 8.05. The summed E-state index contributed by atoms with van der Waals surface area (Å²) in [5.74, 6) is 0.944. The van der Waals surface area contributed by atoms with Crippen molar-refractivity contribution < 1.29 is 23.6 Å². The fourth-order valence-electron chi connectivity index (χ4n) is 3.37. The minimum atomic E-state index is -0.372. The molecule has 0 spiro atoms. The van der Waals surface area contributed by atoms with Crippen LogP contribution < -0.4 is 10.2 Å². The molecule has 0 aliphatic heterocycles. The number of anilines is 1. The van der Waals surface area contributed by atoms with Crippen molar-refractivity contribution in [2.45, 2.75) is 32.7 Å². The number of furan rings is 1. The summed E-state index contributed by atoms with van der Waals surface area (Å²) in [7, 11) is 3.31. The first-order valence-corrected chi connectivity index (χ1v) is 9.66. The van der Waals surface area contributed by atoms with Gasteiger partial charge in [0.2, 0.25) is 0 Å². The highest BCUT2D eigenvalue weighted by Gasteiger charge is 2.29. The van der Waals surface area contributed by atoms with Gasteiger partial charge in [0.05, 0.1) is 26.0 Å². The van der Waals surface area contributed by atoms with Gasteiger partial charge in [-0.05, 0) is 42.9 Å². The number of likely N-dealkylation sites (N-methyl/N-ethyl adjacent to an activating group) is 1. The summed E-state index contributed by atoms with van der Waals surface area (Å²) in [6.45, 7) is 3.13. The number of ether oxygens (including phenoxy) is 1. The summed E-state index contributed by atoms with van der Waals surface area (Å²) in [6, 6.07) is 3.73. The van der Waals surface area contributed by atoms with Crippen LogP contribution in [0.1, 0.15) is 39.9 Å². The third kappa shape index (κ3) is 4.16. The SMILES string of the molecule is COC(=O)c1c(NC(=O)C[NH+](C)Cc2ccco2)sc2c1CC[C@@H](C)C2. The van der Waals surface area contributed by atoms with Gasteiger partial charge >= 0.3 is 5.97 Å². The van der Waals surface area contributed by atoms with E-state index in [0.29, 0.717) is 29.6 Å². The van der Waals surface area contributed by atoms with Crippen molar-refractivity contribution >= 4 is 28.2 Å². The topological polar surface area (TPSA) is 73.0 Å². The molecule has 0 aromatic carbocycles. The average Bonchev–Trinajstić information content (AvgIpc) is 3.20. The van der Waals surface area contributed by atoms with Crippen molar-refractivity contribution in [3.05, 3.63) is 40.2 Å². The van der Waals surface area contributed by atoms with Crippen LogP contribution in [0.2, 0.25) is 0 Å². The van der Waals surface area contributed by atoms with Gasteiger partial charge in [0.25, 0.3) is 5.91 Å². The van der Waals surface area contributed by atoms with Crippen molar-refractivity contribution in [1.29, 1.82) is 0 Å². The maximum absolute atomic E-state index is 12.5. The molecule has 1 aliphatic carbocycles. The standard InChI is InChI=1S/C19H24N2O4S/c1-12-6-7-14-15(9-12)26-18(17(14)19(23)24-3)20-16(22)11-21(2)10-13-5-4-8-25-13/h4-5,8,12H,6-7,9-11H2,1-3H3,(H,20,22)/p+1/t12-/m1/s1. The van der Waals surface area contributed by atoms with Crippen molar-refractivity contribution in [2.75, 3.05) is 26.0 Å². The predicted molar refractivity (Wildman–Crippen MR) is 99.6 cm³/mol. The molecule has 0 saturated carbocycles. The molecule has 3 rings (SSSR count). The number of carbonyl (C=O) groups excluding carboxylic acids is 2. The second-order valence-corrected chi connectivity index (χ2v) is 8.09. The number of methoxy groups -OCH3 is 1. The third-order valence-electron chi connectivity index (χ3n) is 4.67. The zero-order valence-corrected chi connectivity index (χ0v) is 16.2. The maximum atomic E-state index is 12.5. The number of carbonyl (C=O) groups is 2. The van der Waals surface area contributed by atoms with E-state index in [2.05, 4.69) is 12.2 Å². The van der Waals surface area contributed by atoms with E-state index in [9.17, 15) is 9.59 Å². The molecule has 1 unspecified atom stereocenters. The van der Waals surface area contributed by atoms with E-state index in [1.807, 2.05) is 19.2 Å². The fourth-order valence-corrected chi connectivity index (χ4v) is 4.79. The van der Waals surface area contributed by atoms with Gasteiger partial charge in [0.1, 0.15) is 11.5 Å². The molecule has 1 amide bonds. The minimum absolute atomic E-state index is 0.120. The Bertz CT molecular complexity index is 782. The van der Waals surface area contributed by atoms with Gasteiger partial charge in [0, 0.05) is 4.88 Å². The Balaban J connectivity index is 1.72. The lowest BCUT2D eigenvalue weighted by Crippen LogP contribution is -3.08. The van der Waals surface area contributed by atoms with Crippen molar-refractivity contribution in [1.82, 2.24) is 0 Å². The highest BCUT2D eigenvalue weighted by Crippen LogP contribution is 2.39. The molecule has 2 N–H and O–H groups in total. The highest BCUT2D eigenvalue weighted by molar-refractivity contribution is 7.17. The zero-order chi connectivity index (χ0) is 18.7. The van der Waals surface area contributed by atoms with Crippen LogP contribution in [0.5, 0.6) is 0 Å². The lowest BCUT2D eigenvalue weighted by molar-refractivity contribution is -0.886. The van der Waals surface area contributed by atoms with Gasteiger partial charge in [-0.15, -0.1) is 11.3 Å². The minimum Gasteiger partial charge on any atom is -0.465 e. The van der Waals surface area contributed by atoms with Crippen LogP contribution in [0.15, 0.2) is 22.8 Å². The van der Waals surface area contributed by atoms with E-state index in [1.165, 1.54) is 23.3 Å². The van der Waals surface area contributed by atoms with Crippen LogP contribution in [0.3, 0.4) is 0 Å². The molecule has 26 heavy (non-hydrogen) atoms. The van der Waals surface area contributed by atoms with Crippen molar-refractivity contribution in [3.8, 4) is 0 Å². The number of quaternary nitrogens is 1. The van der Waals surface area contributed by atoms with E-state index < -0.39 is 0 Å². The van der Waals surface area contributed by atoms with Crippen LogP contribution in [0.4, 0.5) is 5.00 Å². The lowest BCUT2D eigenvalue weighted by atomic mass is 9.88. The number of amides is 1. The molecule has 2 aromatic heterocycles. The number of nitrogens with one attached hydrogen (secondary N) is 2. The number of esters is 1. The Labute approximate surface area is 157 Å². The Morgan fingerprint density at radius 1 is 1.46 bits per heavy atom.